The number of amides is 1. The SMILES string of the molecule is O=C(N[C@H](CO)CS)OCC1c2ccccc2-c2ccccc21. The molecule has 0 spiro atoms. The second-order valence-electron chi connectivity index (χ2n) is 5.53. The van der Waals surface area contributed by atoms with Crippen molar-refractivity contribution in [2.45, 2.75) is 12.0 Å². The summed E-state index contributed by atoms with van der Waals surface area (Å²) >= 11 is 4.07. The van der Waals surface area contributed by atoms with E-state index in [2.05, 4.69) is 42.2 Å². The minimum Gasteiger partial charge on any atom is -0.449 e. The van der Waals surface area contributed by atoms with Crippen LogP contribution in [0.3, 0.4) is 0 Å². The van der Waals surface area contributed by atoms with Crippen LogP contribution in [-0.4, -0.2) is 36.2 Å². The molecule has 1 atom stereocenters. The van der Waals surface area contributed by atoms with E-state index in [-0.39, 0.29) is 19.1 Å². The van der Waals surface area contributed by atoms with Gasteiger partial charge in [-0.15, -0.1) is 0 Å². The van der Waals surface area contributed by atoms with E-state index < -0.39 is 12.1 Å². The standard InChI is InChI=1S/C18H19NO3S/c20-9-12(11-23)19-18(21)22-10-17-15-7-3-1-5-13(15)14-6-2-4-8-16(14)17/h1-8,12,17,20,23H,9-11H2,(H,19,21)/t12-/m1/s1. The molecule has 1 amide bonds. The van der Waals surface area contributed by atoms with Crippen LogP contribution in [0.15, 0.2) is 48.5 Å². The normalized spacial score (nSPS) is 14.0. The van der Waals surface area contributed by atoms with Gasteiger partial charge in [0.2, 0.25) is 0 Å². The van der Waals surface area contributed by atoms with Crippen LogP contribution in [-0.2, 0) is 4.74 Å². The highest BCUT2D eigenvalue weighted by Gasteiger charge is 2.29. The minimum atomic E-state index is -0.528. The summed E-state index contributed by atoms with van der Waals surface area (Å²) in [7, 11) is 0. The number of rotatable bonds is 5. The molecule has 120 valence electrons. The third-order valence-corrected chi connectivity index (χ3v) is 4.55. The first kappa shape index (κ1) is 15.9. The van der Waals surface area contributed by atoms with Crippen molar-refractivity contribution in [1.82, 2.24) is 5.32 Å². The zero-order valence-corrected chi connectivity index (χ0v) is 13.5. The Hall–Kier alpha value is -1.98. The number of alkyl carbamates (subject to hydrolysis) is 1. The van der Waals surface area contributed by atoms with Crippen molar-refractivity contribution in [3.8, 4) is 11.1 Å². The quantitative estimate of drug-likeness (QED) is 0.739. The first-order valence-corrected chi connectivity index (χ1v) is 8.21. The molecule has 0 radical (unpaired) electrons. The molecule has 0 bridgehead atoms. The summed E-state index contributed by atoms with van der Waals surface area (Å²) in [6.45, 7) is 0.109. The molecule has 1 aliphatic rings. The van der Waals surface area contributed by atoms with Gasteiger partial charge in [-0.2, -0.15) is 12.6 Å². The van der Waals surface area contributed by atoms with Crippen LogP contribution in [0, 0.1) is 0 Å². The summed E-state index contributed by atoms with van der Waals surface area (Å²) in [6, 6.07) is 16.0. The molecule has 4 nitrogen and oxygen atoms in total. The Bertz CT molecular complexity index is 655. The maximum absolute atomic E-state index is 11.9. The zero-order chi connectivity index (χ0) is 16.2. The molecular formula is C18H19NO3S. The lowest BCUT2D eigenvalue weighted by atomic mass is 9.98. The smallest absolute Gasteiger partial charge is 0.407 e. The minimum absolute atomic E-state index is 0.0386. The summed E-state index contributed by atoms with van der Waals surface area (Å²) < 4.78 is 5.38. The fraction of sp³-hybridized carbons (Fsp3) is 0.278. The van der Waals surface area contributed by atoms with Crippen LogP contribution in [0.5, 0.6) is 0 Å². The first-order chi connectivity index (χ1) is 11.2. The van der Waals surface area contributed by atoms with Crippen molar-refractivity contribution >= 4 is 18.7 Å². The predicted molar refractivity (Wildman–Crippen MR) is 92.9 cm³/mol. The number of hydrogen-bond donors (Lipinski definition) is 3. The monoisotopic (exact) mass is 329 g/mol. The third kappa shape index (κ3) is 3.21. The molecule has 2 N–H and O–H groups in total. The maximum atomic E-state index is 11.9. The van der Waals surface area contributed by atoms with Crippen LogP contribution < -0.4 is 5.32 Å². The average molecular weight is 329 g/mol. The lowest BCUT2D eigenvalue weighted by Gasteiger charge is -2.17. The molecule has 0 aliphatic heterocycles. The molecule has 0 saturated heterocycles. The summed E-state index contributed by atoms with van der Waals surface area (Å²) in [5.74, 6) is 0.400. The van der Waals surface area contributed by atoms with Gasteiger partial charge in [-0.3, -0.25) is 0 Å². The number of benzene rings is 2. The van der Waals surface area contributed by atoms with E-state index in [1.54, 1.807) is 0 Å². The third-order valence-electron chi connectivity index (χ3n) is 4.11. The number of hydrogen-bond acceptors (Lipinski definition) is 4. The number of aliphatic hydroxyl groups is 1. The summed E-state index contributed by atoms with van der Waals surface area (Å²) in [6.07, 6.45) is -0.528. The fourth-order valence-electron chi connectivity index (χ4n) is 2.96. The number of fused-ring (bicyclic) bond motifs is 3. The van der Waals surface area contributed by atoms with Crippen molar-refractivity contribution < 1.29 is 14.6 Å². The largest absolute Gasteiger partial charge is 0.449 e. The average Bonchev–Trinajstić information content (AvgIpc) is 2.92. The number of aliphatic hydroxyl groups excluding tert-OH is 1. The van der Waals surface area contributed by atoms with Gasteiger partial charge in [-0.1, -0.05) is 48.5 Å². The molecule has 1 aliphatic carbocycles. The zero-order valence-electron chi connectivity index (χ0n) is 12.6. The Morgan fingerprint density at radius 2 is 1.70 bits per heavy atom. The number of nitrogens with one attached hydrogen (secondary N) is 1. The van der Waals surface area contributed by atoms with E-state index >= 15 is 0 Å². The van der Waals surface area contributed by atoms with Crippen LogP contribution in [0.2, 0.25) is 0 Å². The molecule has 2 aromatic rings. The Balaban J connectivity index is 1.75. The van der Waals surface area contributed by atoms with Gasteiger partial charge in [-0.05, 0) is 22.3 Å². The molecule has 3 rings (SSSR count). The Morgan fingerprint density at radius 1 is 1.13 bits per heavy atom. The highest BCUT2D eigenvalue weighted by molar-refractivity contribution is 7.80. The summed E-state index contributed by atoms with van der Waals surface area (Å²) in [5.41, 5.74) is 4.74. The van der Waals surface area contributed by atoms with Crippen molar-refractivity contribution in [1.29, 1.82) is 0 Å². The highest BCUT2D eigenvalue weighted by Crippen LogP contribution is 2.44. The molecule has 0 heterocycles. The molecular weight excluding hydrogens is 310 g/mol. The van der Waals surface area contributed by atoms with Gasteiger partial charge in [0.15, 0.2) is 0 Å². The van der Waals surface area contributed by atoms with Gasteiger partial charge in [0.05, 0.1) is 12.6 Å². The number of thiol groups is 1. The Kier molecular flexibility index (Phi) is 4.88. The van der Waals surface area contributed by atoms with Crippen LogP contribution >= 0.6 is 12.6 Å². The van der Waals surface area contributed by atoms with Crippen molar-refractivity contribution in [2.24, 2.45) is 0 Å². The second kappa shape index (κ2) is 7.06. The number of carbonyl (C=O) groups excluding carboxylic acids is 1. The molecule has 2 aromatic carbocycles. The summed E-state index contributed by atoms with van der Waals surface area (Å²) in [4.78, 5) is 11.9. The predicted octanol–water partition coefficient (Wildman–Crippen LogP) is 2.82. The van der Waals surface area contributed by atoms with Crippen LogP contribution in [0.4, 0.5) is 4.79 Å². The highest BCUT2D eigenvalue weighted by atomic mass is 32.1. The second-order valence-corrected chi connectivity index (χ2v) is 5.90. The first-order valence-electron chi connectivity index (χ1n) is 7.57. The lowest BCUT2D eigenvalue weighted by Crippen LogP contribution is -2.39. The van der Waals surface area contributed by atoms with Gasteiger partial charge in [0, 0.05) is 11.7 Å². The van der Waals surface area contributed by atoms with Crippen molar-refractivity contribution in [3.63, 3.8) is 0 Å². The van der Waals surface area contributed by atoms with E-state index in [9.17, 15) is 4.79 Å². The van der Waals surface area contributed by atoms with Gasteiger partial charge >= 0.3 is 6.09 Å². The number of ether oxygens (including phenoxy) is 1. The van der Waals surface area contributed by atoms with Gasteiger partial charge in [-0.25, -0.2) is 4.79 Å². The summed E-state index contributed by atoms with van der Waals surface area (Å²) in [5, 5.41) is 11.7. The lowest BCUT2D eigenvalue weighted by molar-refractivity contribution is 0.134. The van der Waals surface area contributed by atoms with Crippen molar-refractivity contribution in [2.75, 3.05) is 19.0 Å². The fourth-order valence-corrected chi connectivity index (χ4v) is 3.16. The van der Waals surface area contributed by atoms with Crippen LogP contribution in [0.1, 0.15) is 17.0 Å². The molecule has 0 aromatic heterocycles. The van der Waals surface area contributed by atoms with E-state index in [4.69, 9.17) is 9.84 Å². The maximum Gasteiger partial charge on any atom is 0.407 e. The molecule has 5 heteroatoms. The number of carbonyl (C=O) groups is 1. The molecule has 23 heavy (non-hydrogen) atoms. The van der Waals surface area contributed by atoms with Gasteiger partial charge in [0.25, 0.3) is 0 Å². The van der Waals surface area contributed by atoms with Gasteiger partial charge < -0.3 is 15.2 Å². The van der Waals surface area contributed by atoms with E-state index in [0.717, 1.165) is 0 Å². The Morgan fingerprint density at radius 3 is 2.22 bits per heavy atom. The molecule has 0 fully saturated rings. The molecule has 0 saturated carbocycles. The van der Waals surface area contributed by atoms with E-state index in [0.29, 0.717) is 5.75 Å². The van der Waals surface area contributed by atoms with E-state index in [1.165, 1.54) is 22.3 Å². The Labute approximate surface area is 140 Å². The van der Waals surface area contributed by atoms with E-state index in [1.807, 2.05) is 24.3 Å². The van der Waals surface area contributed by atoms with Crippen LogP contribution in [0.25, 0.3) is 11.1 Å². The van der Waals surface area contributed by atoms with Gasteiger partial charge in [0.1, 0.15) is 6.61 Å². The molecule has 0 unspecified atom stereocenters. The van der Waals surface area contributed by atoms with Crippen molar-refractivity contribution in [3.05, 3.63) is 59.7 Å². The topological polar surface area (TPSA) is 58.6 Å².